The second-order valence-corrected chi connectivity index (χ2v) is 5.38. The molecule has 6 nitrogen and oxygen atoms in total. The van der Waals surface area contributed by atoms with Gasteiger partial charge in [-0.25, -0.2) is 19.0 Å². The van der Waals surface area contributed by atoms with Crippen LogP contribution in [0.5, 0.6) is 0 Å². The smallest absolute Gasteiger partial charge is 0.259 e. The molecular weight excluding hydrogens is 258 g/mol. The van der Waals surface area contributed by atoms with Crippen molar-refractivity contribution in [1.29, 1.82) is 0 Å². The third kappa shape index (κ3) is 2.34. The lowest BCUT2D eigenvalue weighted by molar-refractivity contribution is 0.546. The highest BCUT2D eigenvalue weighted by Gasteiger charge is 2.31. The number of H-pyrrole nitrogens is 2. The Hall–Kier alpha value is -0.540. The lowest BCUT2D eigenvalue weighted by Gasteiger charge is -2.26. The molecule has 0 saturated carbocycles. The molecule has 2 N–H and O–H groups in total. The zero-order valence-electron chi connectivity index (χ0n) is 7.59. The first kappa shape index (κ1) is 12.5. The van der Waals surface area contributed by atoms with Crippen molar-refractivity contribution < 1.29 is 0 Å². The number of aromatic nitrogens is 3. The summed E-state index contributed by atoms with van der Waals surface area (Å²) in [7, 11) is 0. The topological polar surface area (TPSA) is 87.7 Å². The van der Waals surface area contributed by atoms with Gasteiger partial charge >= 0.3 is 17.1 Å². The summed E-state index contributed by atoms with van der Waals surface area (Å²) in [6.45, 7) is 1.61. The molecule has 0 bridgehead atoms. The zero-order valence-corrected chi connectivity index (χ0v) is 10.3. The number of thiol groups is 3. The van der Waals surface area contributed by atoms with Crippen LogP contribution in [0.3, 0.4) is 0 Å². The van der Waals surface area contributed by atoms with E-state index in [4.69, 9.17) is 0 Å². The molecule has 0 aliphatic carbocycles. The molecule has 1 aromatic rings. The molecule has 0 fully saturated rings. The first-order valence-corrected chi connectivity index (χ1v) is 5.27. The molecule has 1 rings (SSSR count). The van der Waals surface area contributed by atoms with Gasteiger partial charge in [-0.2, -0.15) is 12.6 Å². The molecule has 15 heavy (non-hydrogen) atoms. The molecule has 0 aliphatic rings. The lowest BCUT2D eigenvalue weighted by atomic mass is 10.4. The standard InChI is InChI=1S/C6H9N3O3S3/c1-2(13)6(14,15)9-4(11)7-3(10)8-5(9)12/h2,13-15H,1H3,(H2,7,8,10,11,12). The van der Waals surface area contributed by atoms with Gasteiger partial charge in [0, 0.05) is 5.25 Å². The molecule has 1 unspecified atom stereocenters. The van der Waals surface area contributed by atoms with Crippen molar-refractivity contribution >= 4 is 37.9 Å². The van der Waals surface area contributed by atoms with Crippen molar-refractivity contribution in [3.05, 3.63) is 31.5 Å². The minimum Gasteiger partial charge on any atom is -0.259 e. The normalized spacial score (nSPS) is 13.9. The van der Waals surface area contributed by atoms with Gasteiger partial charge in [-0.1, -0.05) is 0 Å². The third-order valence-electron chi connectivity index (χ3n) is 1.74. The number of nitrogens with one attached hydrogen (secondary N) is 2. The maximum absolute atomic E-state index is 11.4. The monoisotopic (exact) mass is 267 g/mol. The molecule has 0 aromatic carbocycles. The average molecular weight is 267 g/mol. The average Bonchev–Trinajstić information content (AvgIpc) is 2.00. The van der Waals surface area contributed by atoms with Crippen molar-refractivity contribution in [2.75, 3.05) is 0 Å². The summed E-state index contributed by atoms with van der Waals surface area (Å²) in [4.78, 5) is 37.3. The number of hydrogen-bond donors (Lipinski definition) is 5. The maximum Gasteiger partial charge on any atom is 0.335 e. The van der Waals surface area contributed by atoms with E-state index >= 15 is 0 Å². The van der Waals surface area contributed by atoms with Crippen LogP contribution in [0.1, 0.15) is 6.92 Å². The quantitative estimate of drug-likeness (QED) is 0.352. The van der Waals surface area contributed by atoms with Gasteiger partial charge in [-0.05, 0) is 6.92 Å². The van der Waals surface area contributed by atoms with E-state index in [9.17, 15) is 14.4 Å². The van der Waals surface area contributed by atoms with E-state index in [0.29, 0.717) is 4.57 Å². The summed E-state index contributed by atoms with van der Waals surface area (Å²) >= 11 is 12.2. The molecule has 0 amide bonds. The van der Waals surface area contributed by atoms with Gasteiger partial charge in [0.1, 0.15) is 0 Å². The van der Waals surface area contributed by atoms with E-state index in [0.717, 1.165) is 0 Å². The predicted octanol–water partition coefficient (Wildman–Crippen LogP) is -0.987. The van der Waals surface area contributed by atoms with Crippen LogP contribution in [0.4, 0.5) is 0 Å². The highest BCUT2D eigenvalue weighted by molar-refractivity contribution is 8.00. The van der Waals surface area contributed by atoms with Crippen LogP contribution in [-0.4, -0.2) is 19.8 Å². The van der Waals surface area contributed by atoms with Gasteiger partial charge in [0.25, 0.3) is 0 Å². The van der Waals surface area contributed by atoms with Crippen molar-refractivity contribution in [2.45, 2.75) is 16.4 Å². The van der Waals surface area contributed by atoms with Gasteiger partial charge in [0.15, 0.2) is 4.20 Å². The number of nitrogens with zero attached hydrogens (tertiary/aromatic N) is 1. The molecule has 1 aromatic heterocycles. The molecule has 0 saturated heterocycles. The Balaban J connectivity index is 3.60. The van der Waals surface area contributed by atoms with E-state index in [-0.39, 0.29) is 0 Å². The minimum absolute atomic E-state index is 0.492. The number of hydrogen-bond acceptors (Lipinski definition) is 6. The summed E-state index contributed by atoms with van der Waals surface area (Å²) in [5.74, 6) is 0. The molecule has 1 heterocycles. The minimum atomic E-state index is -1.39. The Morgan fingerprint density at radius 2 is 1.60 bits per heavy atom. The van der Waals surface area contributed by atoms with E-state index < -0.39 is 26.5 Å². The Morgan fingerprint density at radius 3 is 1.93 bits per heavy atom. The third-order valence-corrected chi connectivity index (χ3v) is 3.69. The van der Waals surface area contributed by atoms with E-state index in [1.807, 2.05) is 9.97 Å². The summed E-state index contributed by atoms with van der Waals surface area (Å²) < 4.78 is -0.712. The van der Waals surface area contributed by atoms with Crippen molar-refractivity contribution in [3.63, 3.8) is 0 Å². The van der Waals surface area contributed by atoms with E-state index in [1.54, 1.807) is 6.92 Å². The number of aromatic amines is 2. The predicted molar refractivity (Wildman–Crippen MR) is 66.3 cm³/mol. The lowest BCUT2D eigenvalue weighted by Crippen LogP contribution is -2.51. The fourth-order valence-electron chi connectivity index (χ4n) is 0.915. The number of rotatable bonds is 2. The SMILES string of the molecule is CC(S)C(S)(S)n1c(=O)[nH]c(=O)[nH]c1=O. The maximum atomic E-state index is 11.4. The van der Waals surface area contributed by atoms with Crippen LogP contribution < -0.4 is 17.1 Å². The molecule has 1 atom stereocenters. The van der Waals surface area contributed by atoms with Crippen molar-refractivity contribution in [2.24, 2.45) is 0 Å². The first-order chi connectivity index (χ1) is 6.76. The van der Waals surface area contributed by atoms with Crippen LogP contribution in [0.2, 0.25) is 0 Å². The Morgan fingerprint density at radius 1 is 1.20 bits per heavy atom. The fraction of sp³-hybridized carbons (Fsp3) is 0.500. The first-order valence-electron chi connectivity index (χ1n) is 3.85. The second kappa shape index (κ2) is 4.14. The largest absolute Gasteiger partial charge is 0.335 e. The summed E-state index contributed by atoms with van der Waals surface area (Å²) in [5, 5.41) is -0.492. The highest BCUT2D eigenvalue weighted by Crippen LogP contribution is 2.30. The van der Waals surface area contributed by atoms with Crippen LogP contribution in [0, 0.1) is 0 Å². The van der Waals surface area contributed by atoms with Gasteiger partial charge in [0.2, 0.25) is 0 Å². The van der Waals surface area contributed by atoms with Crippen molar-refractivity contribution in [3.8, 4) is 0 Å². The highest BCUT2D eigenvalue weighted by atomic mass is 32.2. The van der Waals surface area contributed by atoms with Crippen LogP contribution in [-0.2, 0) is 4.20 Å². The van der Waals surface area contributed by atoms with Crippen LogP contribution in [0.25, 0.3) is 0 Å². The molecule has 9 heteroatoms. The van der Waals surface area contributed by atoms with Crippen LogP contribution >= 0.6 is 37.9 Å². The van der Waals surface area contributed by atoms with Gasteiger partial charge in [-0.15, -0.1) is 25.3 Å². The summed E-state index contributed by atoms with van der Waals surface area (Å²) in [6.07, 6.45) is 0. The van der Waals surface area contributed by atoms with Crippen molar-refractivity contribution in [1.82, 2.24) is 14.5 Å². The summed E-state index contributed by atoms with van der Waals surface area (Å²) in [5.41, 5.74) is -2.63. The summed E-state index contributed by atoms with van der Waals surface area (Å²) in [6, 6.07) is 0. The zero-order chi connectivity index (χ0) is 11.8. The van der Waals surface area contributed by atoms with Gasteiger partial charge < -0.3 is 0 Å². The Kier molecular flexibility index (Phi) is 3.46. The van der Waals surface area contributed by atoms with Gasteiger partial charge in [0.05, 0.1) is 0 Å². The van der Waals surface area contributed by atoms with E-state index in [2.05, 4.69) is 37.9 Å². The molecule has 0 aliphatic heterocycles. The fourth-order valence-corrected chi connectivity index (χ4v) is 1.39. The molecular formula is C6H9N3O3S3. The second-order valence-electron chi connectivity index (χ2n) is 2.89. The Labute approximate surface area is 100 Å². The Bertz CT molecular complexity index is 492. The molecule has 0 radical (unpaired) electrons. The molecule has 0 spiro atoms. The van der Waals surface area contributed by atoms with Gasteiger partial charge in [-0.3, -0.25) is 9.97 Å². The van der Waals surface area contributed by atoms with Crippen LogP contribution in [0.15, 0.2) is 14.4 Å². The molecule has 84 valence electrons. The van der Waals surface area contributed by atoms with E-state index in [1.165, 1.54) is 0 Å².